The maximum Gasteiger partial charge on any atom is 0.333 e. The van der Waals surface area contributed by atoms with Crippen LogP contribution in [0, 0.1) is 4.64 Å². The fraction of sp³-hybridized carbons (Fsp3) is 0.231. The Bertz CT molecular complexity index is 703. The first-order valence-electron chi connectivity index (χ1n) is 5.77. The summed E-state index contributed by atoms with van der Waals surface area (Å²) >= 11 is 5.40. The van der Waals surface area contributed by atoms with Gasteiger partial charge in [0.15, 0.2) is 0 Å². The summed E-state index contributed by atoms with van der Waals surface area (Å²) in [5.74, 6) is 0.518. The number of para-hydroxylation sites is 1. The molecule has 0 bridgehead atoms. The van der Waals surface area contributed by atoms with Crippen LogP contribution in [-0.2, 0) is 6.42 Å². The summed E-state index contributed by atoms with van der Waals surface area (Å²) in [5, 5.41) is 0. The molecule has 0 aliphatic carbocycles. The molecule has 2 aromatic rings. The molecule has 1 aromatic heterocycles. The van der Waals surface area contributed by atoms with Gasteiger partial charge in [-0.2, -0.15) is 0 Å². The van der Waals surface area contributed by atoms with E-state index in [-0.39, 0.29) is 11.8 Å². The summed E-state index contributed by atoms with van der Waals surface area (Å²) in [5.41, 5.74) is 1.41. The number of fused-ring (bicyclic) bond motifs is 1. The number of aromatic nitrogens is 2. The summed E-state index contributed by atoms with van der Waals surface area (Å²) in [7, 11) is 0. The molecule has 0 fully saturated rings. The van der Waals surface area contributed by atoms with E-state index >= 15 is 0 Å². The smallest absolute Gasteiger partial charge is 0.333 e. The molecule has 92 valence electrons. The molecule has 1 unspecified atom stereocenters. The van der Waals surface area contributed by atoms with Crippen molar-refractivity contribution in [1.82, 2.24) is 9.55 Å². The van der Waals surface area contributed by atoms with Gasteiger partial charge in [-0.05, 0) is 19.1 Å². The van der Waals surface area contributed by atoms with E-state index in [0.29, 0.717) is 10.5 Å². The molecule has 1 aliphatic rings. The molecule has 18 heavy (non-hydrogen) atoms. The van der Waals surface area contributed by atoms with Crippen molar-refractivity contribution < 1.29 is 4.74 Å². The number of H-pyrrole nitrogens is 1. The average Bonchev–Trinajstić information content (AvgIpc) is 2.71. The Hall–Kier alpha value is -1.88. The molecule has 0 spiro atoms. The summed E-state index contributed by atoms with van der Waals surface area (Å²) in [6.07, 6.45) is 0.793. The van der Waals surface area contributed by atoms with Gasteiger partial charge in [-0.1, -0.05) is 30.4 Å². The van der Waals surface area contributed by atoms with E-state index < -0.39 is 0 Å². The highest BCUT2D eigenvalue weighted by Gasteiger charge is 2.23. The first-order chi connectivity index (χ1) is 8.66. The van der Waals surface area contributed by atoms with Crippen LogP contribution in [0.4, 0.5) is 0 Å². The second-order valence-electron chi connectivity index (χ2n) is 4.35. The van der Waals surface area contributed by atoms with Crippen LogP contribution in [0.2, 0.25) is 0 Å². The first kappa shape index (κ1) is 11.2. The van der Waals surface area contributed by atoms with Crippen molar-refractivity contribution in [3.8, 4) is 11.6 Å². The monoisotopic (exact) mass is 260 g/mol. The number of nitrogens with zero attached hydrogens (tertiary/aromatic N) is 1. The summed E-state index contributed by atoms with van der Waals surface area (Å²) in [6.45, 7) is 1.96. The second-order valence-corrected chi connectivity index (χ2v) is 4.73. The lowest BCUT2D eigenvalue weighted by molar-refractivity contribution is 0.245. The third-order valence-electron chi connectivity index (χ3n) is 2.98. The number of benzene rings is 1. The van der Waals surface area contributed by atoms with Gasteiger partial charge in [-0.25, -0.2) is 4.79 Å². The topological polar surface area (TPSA) is 47.0 Å². The lowest BCUT2D eigenvalue weighted by atomic mass is 10.2. The van der Waals surface area contributed by atoms with E-state index in [9.17, 15) is 4.79 Å². The molecule has 0 saturated carbocycles. The van der Waals surface area contributed by atoms with Crippen molar-refractivity contribution in [2.45, 2.75) is 19.4 Å². The molecule has 2 heterocycles. The molecule has 1 aromatic carbocycles. The first-order valence-corrected chi connectivity index (χ1v) is 6.18. The maximum atomic E-state index is 12.1. The summed E-state index contributed by atoms with van der Waals surface area (Å²) < 4.78 is 7.56. The predicted molar refractivity (Wildman–Crippen MR) is 71.0 cm³/mol. The maximum absolute atomic E-state index is 12.1. The molecule has 0 saturated heterocycles. The minimum absolute atomic E-state index is 0.0592. The third-order valence-corrected chi connectivity index (χ3v) is 3.41. The van der Waals surface area contributed by atoms with Gasteiger partial charge in [-0.3, -0.25) is 9.55 Å². The number of nitrogens with one attached hydrogen (secondary N) is 1. The average molecular weight is 260 g/mol. The van der Waals surface area contributed by atoms with Crippen LogP contribution in [0.5, 0.6) is 5.88 Å². The zero-order valence-electron chi connectivity index (χ0n) is 9.84. The van der Waals surface area contributed by atoms with E-state index in [2.05, 4.69) is 4.98 Å². The number of ether oxygens (including phenoxy) is 1. The van der Waals surface area contributed by atoms with Gasteiger partial charge < -0.3 is 4.74 Å². The number of rotatable bonds is 1. The molecule has 1 atom stereocenters. The van der Waals surface area contributed by atoms with Crippen LogP contribution in [-0.4, -0.2) is 15.7 Å². The van der Waals surface area contributed by atoms with Crippen molar-refractivity contribution in [2.24, 2.45) is 0 Å². The van der Waals surface area contributed by atoms with Crippen LogP contribution in [0.25, 0.3) is 5.69 Å². The highest BCUT2D eigenvalue weighted by atomic mass is 32.1. The quantitative estimate of drug-likeness (QED) is 0.800. The summed E-state index contributed by atoms with van der Waals surface area (Å²) in [6, 6.07) is 9.37. The molecule has 0 amide bonds. The van der Waals surface area contributed by atoms with Crippen molar-refractivity contribution >= 4 is 12.2 Å². The van der Waals surface area contributed by atoms with Crippen LogP contribution in [0.3, 0.4) is 0 Å². The second kappa shape index (κ2) is 4.10. The van der Waals surface area contributed by atoms with Crippen molar-refractivity contribution in [3.63, 3.8) is 0 Å². The van der Waals surface area contributed by atoms with Crippen molar-refractivity contribution in [3.05, 3.63) is 51.0 Å². The van der Waals surface area contributed by atoms with Gasteiger partial charge in [0.25, 0.3) is 0 Å². The molecule has 1 aliphatic heterocycles. The Balaban J connectivity index is 2.28. The minimum Gasteiger partial charge on any atom is -0.475 e. The Kier molecular flexibility index (Phi) is 2.56. The van der Waals surface area contributed by atoms with Gasteiger partial charge in [0, 0.05) is 6.42 Å². The largest absolute Gasteiger partial charge is 0.475 e. The van der Waals surface area contributed by atoms with E-state index in [1.54, 1.807) is 0 Å². The van der Waals surface area contributed by atoms with Crippen LogP contribution < -0.4 is 10.4 Å². The molecule has 1 N–H and O–H groups in total. The molecule has 0 radical (unpaired) electrons. The Morgan fingerprint density at radius 3 is 2.83 bits per heavy atom. The third kappa shape index (κ3) is 1.67. The van der Waals surface area contributed by atoms with Gasteiger partial charge in [0.2, 0.25) is 5.88 Å². The van der Waals surface area contributed by atoms with Crippen molar-refractivity contribution in [1.29, 1.82) is 0 Å². The van der Waals surface area contributed by atoms with Gasteiger partial charge in [0.1, 0.15) is 10.7 Å². The predicted octanol–water partition coefficient (Wildman–Crippen LogP) is 2.22. The van der Waals surface area contributed by atoms with Gasteiger partial charge >= 0.3 is 5.69 Å². The van der Waals surface area contributed by atoms with Crippen LogP contribution >= 0.6 is 12.2 Å². The van der Waals surface area contributed by atoms with Gasteiger partial charge in [0.05, 0.1) is 11.3 Å². The minimum atomic E-state index is -0.265. The number of hydrogen-bond acceptors (Lipinski definition) is 3. The van der Waals surface area contributed by atoms with E-state index in [0.717, 1.165) is 17.7 Å². The standard InChI is InChI=1S/C13H12N2O2S/c1-8-7-10-11(17-8)14-13(16)15(12(10)18)9-5-3-2-4-6-9/h2-6,8H,7H2,1H3,(H,14,16). The van der Waals surface area contributed by atoms with Crippen LogP contribution in [0.1, 0.15) is 12.5 Å². The zero-order chi connectivity index (χ0) is 12.7. The fourth-order valence-corrected chi connectivity index (χ4v) is 2.54. The Morgan fingerprint density at radius 1 is 1.39 bits per heavy atom. The molecular weight excluding hydrogens is 248 g/mol. The SMILES string of the molecule is CC1Cc2c([nH]c(=O)n(-c3ccccc3)c2=S)O1. The molecule has 3 rings (SSSR count). The van der Waals surface area contributed by atoms with E-state index in [1.165, 1.54) is 4.57 Å². The lowest BCUT2D eigenvalue weighted by Gasteiger charge is -2.07. The summed E-state index contributed by atoms with van der Waals surface area (Å²) in [4.78, 5) is 14.8. The highest BCUT2D eigenvalue weighted by molar-refractivity contribution is 7.71. The highest BCUT2D eigenvalue weighted by Crippen LogP contribution is 2.26. The molecule has 5 heteroatoms. The van der Waals surface area contributed by atoms with Crippen molar-refractivity contribution in [2.75, 3.05) is 0 Å². The fourth-order valence-electron chi connectivity index (χ4n) is 2.18. The van der Waals surface area contributed by atoms with E-state index in [4.69, 9.17) is 17.0 Å². The lowest BCUT2D eigenvalue weighted by Crippen LogP contribution is -2.22. The number of hydrogen-bond donors (Lipinski definition) is 1. The Morgan fingerprint density at radius 2 is 2.11 bits per heavy atom. The number of aromatic amines is 1. The normalized spacial score (nSPS) is 17.3. The molecule has 4 nitrogen and oxygen atoms in total. The van der Waals surface area contributed by atoms with E-state index in [1.807, 2.05) is 37.3 Å². The Labute approximate surface area is 109 Å². The van der Waals surface area contributed by atoms with Crippen LogP contribution in [0.15, 0.2) is 35.1 Å². The molecular formula is C13H12N2O2S. The zero-order valence-corrected chi connectivity index (χ0v) is 10.7. The van der Waals surface area contributed by atoms with Gasteiger partial charge in [-0.15, -0.1) is 0 Å².